The van der Waals surface area contributed by atoms with Crippen LogP contribution >= 0.6 is 0 Å². The van der Waals surface area contributed by atoms with Gasteiger partial charge in [-0.25, -0.2) is 4.68 Å². The Labute approximate surface area is 167 Å². The fourth-order valence-electron chi connectivity index (χ4n) is 3.33. The molecule has 0 spiro atoms. The van der Waals surface area contributed by atoms with E-state index in [0.717, 1.165) is 35.6 Å². The van der Waals surface area contributed by atoms with Crippen molar-refractivity contribution in [3.8, 4) is 5.69 Å². The van der Waals surface area contributed by atoms with Gasteiger partial charge in [-0.15, -0.1) is 0 Å². The van der Waals surface area contributed by atoms with Gasteiger partial charge < -0.3 is 10.2 Å². The summed E-state index contributed by atoms with van der Waals surface area (Å²) in [7, 11) is 2.07. The molecule has 0 radical (unpaired) electrons. The molecule has 5 nitrogen and oxygen atoms in total. The van der Waals surface area contributed by atoms with Crippen molar-refractivity contribution in [1.29, 1.82) is 0 Å². The van der Waals surface area contributed by atoms with Crippen molar-refractivity contribution in [2.45, 2.75) is 26.7 Å². The number of aromatic nitrogens is 2. The van der Waals surface area contributed by atoms with Crippen molar-refractivity contribution in [3.63, 3.8) is 0 Å². The van der Waals surface area contributed by atoms with Crippen molar-refractivity contribution in [1.82, 2.24) is 15.1 Å². The Morgan fingerprint density at radius 1 is 1.04 bits per heavy atom. The number of hydrogen-bond donors (Lipinski definition) is 1. The molecule has 1 N–H and O–H groups in total. The fourth-order valence-corrected chi connectivity index (χ4v) is 3.33. The Balaban J connectivity index is 1.51. The number of nitrogens with zero attached hydrogens (tertiary/aromatic N) is 3. The number of carbonyl (C=O) groups is 1. The Morgan fingerprint density at radius 3 is 2.36 bits per heavy atom. The number of hydrogen-bond acceptors (Lipinski definition) is 3. The SMILES string of the molecule is Cc1nn(-c2ccccc2)c(C)c1CC(=O)NCCCN(C)c1ccccc1. The standard InChI is InChI=1S/C23H28N4O/c1-18-22(19(2)27(25-18)21-13-8-5-9-14-21)17-23(28)24-15-10-16-26(3)20-11-6-4-7-12-20/h4-9,11-14H,10,15-17H2,1-3H3,(H,24,28). The van der Waals surface area contributed by atoms with Crippen LogP contribution in [0.3, 0.4) is 0 Å². The lowest BCUT2D eigenvalue weighted by Crippen LogP contribution is -2.29. The van der Waals surface area contributed by atoms with Crippen LogP contribution in [-0.2, 0) is 11.2 Å². The summed E-state index contributed by atoms with van der Waals surface area (Å²) in [6.45, 7) is 5.55. The molecule has 1 heterocycles. The number of nitrogens with one attached hydrogen (secondary N) is 1. The molecule has 28 heavy (non-hydrogen) atoms. The third kappa shape index (κ3) is 4.80. The lowest BCUT2D eigenvalue weighted by Gasteiger charge is -2.19. The van der Waals surface area contributed by atoms with Gasteiger partial charge in [-0.05, 0) is 44.5 Å². The van der Waals surface area contributed by atoms with Crippen LogP contribution in [0.2, 0.25) is 0 Å². The van der Waals surface area contributed by atoms with Crippen LogP contribution in [0.25, 0.3) is 5.69 Å². The van der Waals surface area contributed by atoms with E-state index in [1.54, 1.807) is 0 Å². The second-order valence-electron chi connectivity index (χ2n) is 7.03. The second kappa shape index (κ2) is 9.22. The van der Waals surface area contributed by atoms with Crippen LogP contribution < -0.4 is 10.2 Å². The smallest absolute Gasteiger partial charge is 0.224 e. The maximum Gasteiger partial charge on any atom is 0.224 e. The summed E-state index contributed by atoms with van der Waals surface area (Å²) < 4.78 is 1.91. The lowest BCUT2D eigenvalue weighted by molar-refractivity contribution is -0.120. The molecule has 0 saturated heterocycles. The van der Waals surface area contributed by atoms with Crippen LogP contribution in [0.4, 0.5) is 5.69 Å². The molecular weight excluding hydrogens is 348 g/mol. The van der Waals surface area contributed by atoms with Gasteiger partial charge in [-0.3, -0.25) is 4.79 Å². The third-order valence-corrected chi connectivity index (χ3v) is 4.97. The van der Waals surface area contributed by atoms with Crippen LogP contribution in [0.15, 0.2) is 60.7 Å². The maximum absolute atomic E-state index is 12.4. The van der Waals surface area contributed by atoms with E-state index in [9.17, 15) is 4.79 Å². The van der Waals surface area contributed by atoms with Crippen molar-refractivity contribution in [2.75, 3.05) is 25.0 Å². The van der Waals surface area contributed by atoms with Gasteiger partial charge in [-0.1, -0.05) is 36.4 Å². The van der Waals surface area contributed by atoms with Crippen LogP contribution in [0.5, 0.6) is 0 Å². The molecule has 146 valence electrons. The van der Waals surface area contributed by atoms with E-state index in [-0.39, 0.29) is 5.91 Å². The highest BCUT2D eigenvalue weighted by atomic mass is 16.1. The zero-order chi connectivity index (χ0) is 19.9. The summed E-state index contributed by atoms with van der Waals surface area (Å²) in [6, 6.07) is 20.3. The lowest BCUT2D eigenvalue weighted by atomic mass is 10.1. The first-order chi connectivity index (χ1) is 13.6. The van der Waals surface area contributed by atoms with Gasteiger partial charge in [0.2, 0.25) is 5.91 Å². The first kappa shape index (κ1) is 19.7. The highest BCUT2D eigenvalue weighted by Crippen LogP contribution is 2.18. The number of rotatable bonds is 8. The fraction of sp³-hybridized carbons (Fsp3) is 0.304. The topological polar surface area (TPSA) is 50.2 Å². The monoisotopic (exact) mass is 376 g/mol. The minimum Gasteiger partial charge on any atom is -0.375 e. The normalized spacial score (nSPS) is 10.7. The van der Waals surface area contributed by atoms with Crippen molar-refractivity contribution < 1.29 is 4.79 Å². The van der Waals surface area contributed by atoms with E-state index >= 15 is 0 Å². The molecule has 0 fully saturated rings. The highest BCUT2D eigenvalue weighted by molar-refractivity contribution is 5.79. The molecule has 0 saturated carbocycles. The van der Waals surface area contributed by atoms with Gasteiger partial charge >= 0.3 is 0 Å². The van der Waals surface area contributed by atoms with E-state index in [4.69, 9.17) is 0 Å². The number of aryl methyl sites for hydroxylation is 1. The van der Waals surface area contributed by atoms with E-state index in [1.165, 1.54) is 5.69 Å². The number of benzene rings is 2. The summed E-state index contributed by atoms with van der Waals surface area (Å²) in [5.74, 6) is 0.0428. The average Bonchev–Trinajstić information content (AvgIpc) is 3.00. The molecule has 2 aromatic carbocycles. The molecule has 3 aromatic rings. The van der Waals surface area contributed by atoms with E-state index < -0.39 is 0 Å². The molecular formula is C23H28N4O. The number of para-hydroxylation sites is 2. The van der Waals surface area contributed by atoms with Gasteiger partial charge in [0.25, 0.3) is 0 Å². The molecule has 1 amide bonds. The molecule has 0 aliphatic carbocycles. The summed E-state index contributed by atoms with van der Waals surface area (Å²) in [5.41, 5.74) is 5.12. The van der Waals surface area contributed by atoms with Gasteiger partial charge in [0.1, 0.15) is 0 Å². The second-order valence-corrected chi connectivity index (χ2v) is 7.03. The zero-order valence-corrected chi connectivity index (χ0v) is 16.9. The molecule has 1 aromatic heterocycles. The van der Waals surface area contributed by atoms with E-state index in [1.807, 2.05) is 67.1 Å². The molecule has 0 aliphatic rings. The van der Waals surface area contributed by atoms with E-state index in [2.05, 4.69) is 34.5 Å². The maximum atomic E-state index is 12.4. The van der Waals surface area contributed by atoms with Gasteiger partial charge in [0.15, 0.2) is 0 Å². The number of anilines is 1. The minimum absolute atomic E-state index is 0.0428. The van der Waals surface area contributed by atoms with Crippen LogP contribution in [-0.4, -0.2) is 35.8 Å². The Hall–Kier alpha value is -3.08. The first-order valence-corrected chi connectivity index (χ1v) is 9.69. The van der Waals surface area contributed by atoms with E-state index in [0.29, 0.717) is 13.0 Å². The van der Waals surface area contributed by atoms with Gasteiger partial charge in [0, 0.05) is 37.1 Å². The van der Waals surface area contributed by atoms with Crippen LogP contribution in [0, 0.1) is 13.8 Å². The summed E-state index contributed by atoms with van der Waals surface area (Å²) in [5, 5.41) is 7.66. The Morgan fingerprint density at radius 2 is 1.68 bits per heavy atom. The van der Waals surface area contributed by atoms with Crippen molar-refractivity contribution in [3.05, 3.63) is 77.6 Å². The van der Waals surface area contributed by atoms with Crippen LogP contribution in [0.1, 0.15) is 23.4 Å². The quantitative estimate of drug-likeness (QED) is 0.610. The highest BCUT2D eigenvalue weighted by Gasteiger charge is 2.15. The first-order valence-electron chi connectivity index (χ1n) is 9.69. The summed E-state index contributed by atoms with van der Waals surface area (Å²) in [6.07, 6.45) is 1.26. The Kier molecular flexibility index (Phi) is 6.48. The summed E-state index contributed by atoms with van der Waals surface area (Å²) in [4.78, 5) is 14.6. The predicted octanol–water partition coefficient (Wildman–Crippen LogP) is 3.67. The zero-order valence-electron chi connectivity index (χ0n) is 16.9. The predicted molar refractivity (Wildman–Crippen MR) is 114 cm³/mol. The Bertz CT molecular complexity index is 903. The molecule has 3 rings (SSSR count). The minimum atomic E-state index is 0.0428. The van der Waals surface area contributed by atoms with Gasteiger partial charge in [-0.2, -0.15) is 5.10 Å². The number of carbonyl (C=O) groups excluding carboxylic acids is 1. The molecule has 0 unspecified atom stereocenters. The molecule has 5 heteroatoms. The van der Waals surface area contributed by atoms with Crippen molar-refractivity contribution in [2.24, 2.45) is 0 Å². The van der Waals surface area contributed by atoms with Crippen molar-refractivity contribution >= 4 is 11.6 Å². The third-order valence-electron chi connectivity index (χ3n) is 4.97. The molecule has 0 aliphatic heterocycles. The average molecular weight is 377 g/mol. The largest absolute Gasteiger partial charge is 0.375 e. The molecule has 0 atom stereocenters. The molecule has 0 bridgehead atoms. The van der Waals surface area contributed by atoms with Gasteiger partial charge in [0.05, 0.1) is 17.8 Å². The number of amides is 1. The summed E-state index contributed by atoms with van der Waals surface area (Å²) >= 11 is 0.